The first kappa shape index (κ1) is 27.9. The molecule has 4 aromatic rings. The summed E-state index contributed by atoms with van der Waals surface area (Å²) >= 11 is 0. The molecule has 5 rings (SSSR count). The van der Waals surface area contributed by atoms with Gasteiger partial charge >= 0.3 is 6.16 Å². The third-order valence-corrected chi connectivity index (χ3v) is 7.13. The summed E-state index contributed by atoms with van der Waals surface area (Å²) in [6, 6.07) is 19.2. The van der Waals surface area contributed by atoms with E-state index in [0.717, 1.165) is 40.8 Å². The molecule has 0 saturated heterocycles. The van der Waals surface area contributed by atoms with Crippen molar-refractivity contribution < 1.29 is 27.8 Å². The number of anilines is 1. The van der Waals surface area contributed by atoms with Gasteiger partial charge in [0.15, 0.2) is 17.4 Å². The maximum absolute atomic E-state index is 14.0. The van der Waals surface area contributed by atoms with Gasteiger partial charge in [0.2, 0.25) is 0 Å². The van der Waals surface area contributed by atoms with Crippen LogP contribution in [0.15, 0.2) is 72.9 Å². The Hall–Kier alpha value is -4.66. The number of fused-ring (bicyclic) bond motifs is 3. The Morgan fingerprint density at radius 1 is 1.02 bits per heavy atom. The fourth-order valence-electron chi connectivity index (χ4n) is 5.26. The molecular formula is C32H31F2N3O4. The van der Waals surface area contributed by atoms with Gasteiger partial charge < -0.3 is 24.3 Å². The van der Waals surface area contributed by atoms with Crippen molar-refractivity contribution in [2.45, 2.75) is 32.7 Å². The first-order valence-corrected chi connectivity index (χ1v) is 13.3. The van der Waals surface area contributed by atoms with Gasteiger partial charge in [-0.2, -0.15) is 0 Å². The largest absolute Gasteiger partial charge is 0.513 e. The van der Waals surface area contributed by atoms with Crippen LogP contribution >= 0.6 is 0 Å². The Labute approximate surface area is 237 Å². The van der Waals surface area contributed by atoms with E-state index < -0.39 is 29.1 Å². The summed E-state index contributed by atoms with van der Waals surface area (Å²) in [6.45, 7) is 6.60. The number of carbonyl (C=O) groups is 2. The number of rotatable bonds is 6. The Balaban J connectivity index is 1.58. The Bertz CT molecular complexity index is 1650. The summed E-state index contributed by atoms with van der Waals surface area (Å²) < 4.78 is 38.2. The van der Waals surface area contributed by atoms with E-state index in [1.54, 1.807) is 6.92 Å². The van der Waals surface area contributed by atoms with Crippen LogP contribution < -0.4 is 4.90 Å². The van der Waals surface area contributed by atoms with Crippen LogP contribution in [0.3, 0.4) is 0 Å². The lowest BCUT2D eigenvalue weighted by Gasteiger charge is -2.29. The molecule has 41 heavy (non-hydrogen) atoms. The van der Waals surface area contributed by atoms with E-state index >= 15 is 0 Å². The SMILES string of the molecule is CCOC(=O)OC1=CN(C(=O)c2ccc(F)c(F)c2)CC(C)(C)c2c1[nH]c1cc(N(C)Cc3ccccc3)ccc21. The molecule has 0 aliphatic carbocycles. The third kappa shape index (κ3) is 5.66. The predicted octanol–water partition coefficient (Wildman–Crippen LogP) is 6.99. The summed E-state index contributed by atoms with van der Waals surface area (Å²) in [4.78, 5) is 32.8. The van der Waals surface area contributed by atoms with E-state index in [4.69, 9.17) is 9.47 Å². The number of halogens is 2. The molecule has 9 heteroatoms. The second kappa shape index (κ2) is 11.1. The highest BCUT2D eigenvalue weighted by Crippen LogP contribution is 2.41. The molecule has 1 N–H and O–H groups in total. The number of aromatic amines is 1. The lowest BCUT2D eigenvalue weighted by atomic mass is 9.82. The molecule has 1 aromatic heterocycles. The summed E-state index contributed by atoms with van der Waals surface area (Å²) in [5.74, 6) is -2.66. The van der Waals surface area contributed by atoms with Crippen LogP contribution in [0, 0.1) is 11.6 Å². The van der Waals surface area contributed by atoms with Crippen molar-refractivity contribution in [3.05, 3.63) is 107 Å². The van der Waals surface area contributed by atoms with Gasteiger partial charge in [0.1, 0.15) is 0 Å². The van der Waals surface area contributed by atoms with Crippen molar-refractivity contribution in [3.63, 3.8) is 0 Å². The highest BCUT2D eigenvalue weighted by atomic mass is 19.2. The average molecular weight is 560 g/mol. The molecule has 212 valence electrons. The first-order valence-electron chi connectivity index (χ1n) is 13.3. The number of hydrogen-bond acceptors (Lipinski definition) is 5. The fourth-order valence-corrected chi connectivity index (χ4v) is 5.26. The van der Waals surface area contributed by atoms with Gasteiger partial charge in [0, 0.05) is 47.7 Å². The van der Waals surface area contributed by atoms with Crippen molar-refractivity contribution in [1.29, 1.82) is 0 Å². The maximum atomic E-state index is 14.0. The topological polar surface area (TPSA) is 74.9 Å². The van der Waals surface area contributed by atoms with Crippen LogP contribution in [0.2, 0.25) is 0 Å². The number of carbonyl (C=O) groups excluding carboxylic acids is 2. The van der Waals surface area contributed by atoms with Gasteiger partial charge in [-0.3, -0.25) is 4.79 Å². The number of H-pyrrole nitrogens is 1. The zero-order chi connectivity index (χ0) is 29.3. The van der Waals surface area contributed by atoms with Gasteiger partial charge in [-0.25, -0.2) is 13.6 Å². The Morgan fingerprint density at radius 2 is 1.78 bits per heavy atom. The highest BCUT2D eigenvalue weighted by molar-refractivity contribution is 5.97. The van der Waals surface area contributed by atoms with Crippen molar-refractivity contribution >= 4 is 34.4 Å². The quantitative estimate of drug-likeness (QED) is 0.258. The van der Waals surface area contributed by atoms with Crippen LogP contribution in [0.5, 0.6) is 0 Å². The molecule has 0 radical (unpaired) electrons. The smallest absolute Gasteiger partial charge is 0.434 e. The number of hydrogen-bond donors (Lipinski definition) is 1. The molecule has 1 aliphatic heterocycles. The Morgan fingerprint density at radius 3 is 2.49 bits per heavy atom. The minimum atomic E-state index is -1.12. The van der Waals surface area contributed by atoms with E-state index in [9.17, 15) is 18.4 Å². The molecule has 0 fully saturated rings. The van der Waals surface area contributed by atoms with E-state index in [2.05, 4.69) is 22.0 Å². The third-order valence-electron chi connectivity index (χ3n) is 7.13. The number of nitrogens with zero attached hydrogens (tertiary/aromatic N) is 2. The summed E-state index contributed by atoms with van der Waals surface area (Å²) in [5, 5.41) is 0.905. The predicted molar refractivity (Wildman–Crippen MR) is 153 cm³/mol. The van der Waals surface area contributed by atoms with Crippen LogP contribution in [0.1, 0.15) is 48.0 Å². The standard InChI is InChI=1S/C32H31F2N3O4/c1-5-40-31(39)41-27-18-37(30(38)21-11-14-24(33)25(34)15-21)19-32(2,3)28-23-13-12-22(16-26(23)35-29(27)28)36(4)17-20-9-7-6-8-10-20/h6-16,18,35H,5,17,19H2,1-4H3. The van der Waals surface area contributed by atoms with Gasteiger partial charge in [0.25, 0.3) is 5.91 Å². The molecule has 1 amide bonds. The van der Waals surface area contributed by atoms with Crippen molar-refractivity contribution in [2.75, 3.05) is 25.1 Å². The van der Waals surface area contributed by atoms with E-state index in [1.165, 1.54) is 22.7 Å². The van der Waals surface area contributed by atoms with E-state index in [1.807, 2.05) is 57.3 Å². The molecule has 0 atom stereocenters. The highest BCUT2D eigenvalue weighted by Gasteiger charge is 2.37. The lowest BCUT2D eigenvalue weighted by Crippen LogP contribution is -2.37. The summed E-state index contributed by atoms with van der Waals surface area (Å²) in [5.41, 5.74) is 3.70. The average Bonchev–Trinajstić information content (AvgIpc) is 3.29. The summed E-state index contributed by atoms with van der Waals surface area (Å²) in [6.07, 6.45) is 0.484. The van der Waals surface area contributed by atoms with Crippen molar-refractivity contribution in [3.8, 4) is 0 Å². The van der Waals surface area contributed by atoms with Crippen molar-refractivity contribution in [1.82, 2.24) is 9.88 Å². The van der Waals surface area contributed by atoms with Crippen molar-refractivity contribution in [2.24, 2.45) is 0 Å². The minimum absolute atomic E-state index is 0.0343. The second-order valence-electron chi connectivity index (χ2n) is 10.7. The molecule has 0 spiro atoms. The van der Waals surface area contributed by atoms with Crippen LogP contribution in [-0.2, 0) is 21.4 Å². The number of amides is 1. The fraction of sp³-hybridized carbons (Fsp3) is 0.250. The number of benzene rings is 3. The van der Waals surface area contributed by atoms with Gasteiger partial charge in [0.05, 0.1) is 18.5 Å². The van der Waals surface area contributed by atoms with Gasteiger partial charge in [-0.1, -0.05) is 50.2 Å². The van der Waals surface area contributed by atoms with Crippen LogP contribution in [-0.4, -0.2) is 42.1 Å². The van der Waals surface area contributed by atoms with Crippen LogP contribution in [0.4, 0.5) is 19.3 Å². The normalized spacial score (nSPS) is 14.2. The minimum Gasteiger partial charge on any atom is -0.434 e. The number of aromatic nitrogens is 1. The molecule has 0 bridgehead atoms. The van der Waals surface area contributed by atoms with Crippen LogP contribution in [0.25, 0.3) is 16.7 Å². The summed E-state index contributed by atoms with van der Waals surface area (Å²) in [7, 11) is 2.02. The lowest BCUT2D eigenvalue weighted by molar-refractivity contribution is 0.0787. The number of nitrogens with one attached hydrogen (secondary N) is 1. The molecule has 0 saturated carbocycles. The molecule has 1 aliphatic rings. The molecule has 7 nitrogen and oxygen atoms in total. The molecule has 0 unspecified atom stereocenters. The first-order chi connectivity index (χ1) is 19.6. The maximum Gasteiger partial charge on any atom is 0.513 e. The molecule has 2 heterocycles. The monoisotopic (exact) mass is 559 g/mol. The zero-order valence-electron chi connectivity index (χ0n) is 23.3. The molecule has 3 aromatic carbocycles. The zero-order valence-corrected chi connectivity index (χ0v) is 23.3. The van der Waals surface area contributed by atoms with Gasteiger partial charge in [-0.15, -0.1) is 0 Å². The van der Waals surface area contributed by atoms with Gasteiger partial charge in [-0.05, 0) is 48.4 Å². The number of ether oxygens (including phenoxy) is 2. The van der Waals surface area contributed by atoms with E-state index in [0.29, 0.717) is 5.69 Å². The Kier molecular flexibility index (Phi) is 7.53. The second-order valence-corrected chi connectivity index (χ2v) is 10.7. The molecular weight excluding hydrogens is 528 g/mol. The van der Waals surface area contributed by atoms with E-state index in [-0.39, 0.29) is 24.5 Å².